The maximum absolute atomic E-state index is 13.5. The van der Waals surface area contributed by atoms with Gasteiger partial charge in [0.15, 0.2) is 11.5 Å². The van der Waals surface area contributed by atoms with E-state index in [4.69, 9.17) is 9.47 Å². The van der Waals surface area contributed by atoms with Gasteiger partial charge in [0.2, 0.25) is 12.7 Å². The molecule has 2 aromatic carbocycles. The van der Waals surface area contributed by atoms with E-state index in [0.717, 1.165) is 14.9 Å². The molecule has 2 heterocycles. The van der Waals surface area contributed by atoms with Gasteiger partial charge in [-0.2, -0.15) is 0 Å². The number of thiophene rings is 1. The zero-order chi connectivity index (χ0) is 24.1. The average Bonchev–Trinajstić information content (AvgIpc) is 3.48. The number of ether oxygens (including phenoxy) is 2. The molecule has 34 heavy (non-hydrogen) atoms. The molecule has 0 bridgehead atoms. The van der Waals surface area contributed by atoms with Crippen LogP contribution in [0.1, 0.15) is 24.3 Å². The number of anilines is 1. The van der Waals surface area contributed by atoms with E-state index in [1.54, 1.807) is 21.1 Å². The van der Waals surface area contributed by atoms with Crippen LogP contribution in [0.5, 0.6) is 11.5 Å². The normalized spacial score (nSPS) is 12.0. The van der Waals surface area contributed by atoms with Crippen molar-refractivity contribution >= 4 is 44.9 Å². The lowest BCUT2D eigenvalue weighted by atomic mass is 10.2. The number of amides is 3. The van der Waals surface area contributed by atoms with Crippen molar-refractivity contribution in [3.05, 3.63) is 74.9 Å². The molecule has 0 fully saturated rings. The first kappa shape index (κ1) is 24.1. The molecule has 0 saturated carbocycles. The number of urea groups is 1. The smallest absolute Gasteiger partial charge is 0.322 e. The molecule has 1 aliphatic heterocycles. The second-order valence-corrected chi connectivity index (χ2v) is 10.1. The van der Waals surface area contributed by atoms with Crippen LogP contribution in [0.2, 0.25) is 0 Å². The van der Waals surface area contributed by atoms with Crippen LogP contribution in [0, 0.1) is 0 Å². The second kappa shape index (κ2) is 10.9. The van der Waals surface area contributed by atoms with Gasteiger partial charge in [-0.05, 0) is 61.2 Å². The van der Waals surface area contributed by atoms with Gasteiger partial charge in [-0.1, -0.05) is 34.1 Å². The predicted molar refractivity (Wildman–Crippen MR) is 136 cm³/mol. The van der Waals surface area contributed by atoms with Crippen LogP contribution in [-0.4, -0.2) is 41.1 Å². The van der Waals surface area contributed by atoms with Gasteiger partial charge in [-0.25, -0.2) is 4.79 Å². The van der Waals surface area contributed by atoms with Crippen molar-refractivity contribution in [3.63, 3.8) is 0 Å². The molecule has 0 unspecified atom stereocenters. The van der Waals surface area contributed by atoms with Crippen LogP contribution < -0.4 is 14.8 Å². The van der Waals surface area contributed by atoms with E-state index in [2.05, 4.69) is 21.2 Å². The SMILES string of the molecule is CC(C)N(CC(=O)N(Cc1ccc2c(c1)OCO2)Cc1cccs1)C(=O)Nc1cccc(Br)c1. The second-order valence-electron chi connectivity index (χ2n) is 8.18. The molecule has 0 aliphatic carbocycles. The minimum absolute atomic E-state index is 0.0343. The first-order valence-corrected chi connectivity index (χ1v) is 12.6. The molecule has 178 valence electrons. The summed E-state index contributed by atoms with van der Waals surface area (Å²) in [6.07, 6.45) is 0. The highest BCUT2D eigenvalue weighted by molar-refractivity contribution is 9.10. The number of nitrogens with zero attached hydrogens (tertiary/aromatic N) is 2. The van der Waals surface area contributed by atoms with Crippen LogP contribution in [0.3, 0.4) is 0 Å². The number of hydrogen-bond acceptors (Lipinski definition) is 5. The van der Waals surface area contributed by atoms with Gasteiger partial charge in [-0.3, -0.25) is 4.79 Å². The van der Waals surface area contributed by atoms with Crippen LogP contribution in [-0.2, 0) is 17.9 Å². The van der Waals surface area contributed by atoms with E-state index < -0.39 is 0 Å². The summed E-state index contributed by atoms with van der Waals surface area (Å²) >= 11 is 5.01. The number of carbonyl (C=O) groups excluding carboxylic acids is 2. The standard InChI is InChI=1S/C25H26BrN3O4S/c1-17(2)29(25(31)27-20-6-3-5-19(26)12-20)15-24(30)28(14-21-7-4-10-34-21)13-18-8-9-22-23(11-18)33-16-32-22/h3-12,17H,13-16H2,1-2H3,(H,27,31). The number of halogens is 1. The van der Waals surface area contributed by atoms with Crippen molar-refractivity contribution in [1.82, 2.24) is 9.80 Å². The predicted octanol–water partition coefficient (Wildman–Crippen LogP) is 5.71. The minimum atomic E-state index is -0.319. The Labute approximate surface area is 211 Å². The Morgan fingerprint density at radius 2 is 1.88 bits per heavy atom. The van der Waals surface area contributed by atoms with Crippen molar-refractivity contribution in [3.8, 4) is 11.5 Å². The van der Waals surface area contributed by atoms with Crippen LogP contribution in [0.4, 0.5) is 10.5 Å². The molecule has 0 atom stereocenters. The van der Waals surface area contributed by atoms with Crippen LogP contribution in [0.25, 0.3) is 0 Å². The monoisotopic (exact) mass is 543 g/mol. The van der Waals surface area contributed by atoms with Crippen molar-refractivity contribution in [2.24, 2.45) is 0 Å². The van der Waals surface area contributed by atoms with Gasteiger partial charge in [0.25, 0.3) is 0 Å². The number of fused-ring (bicyclic) bond motifs is 1. The molecule has 9 heteroatoms. The first-order chi connectivity index (χ1) is 16.4. The molecule has 3 aromatic rings. The fraction of sp³-hybridized carbons (Fsp3) is 0.280. The summed E-state index contributed by atoms with van der Waals surface area (Å²) in [7, 11) is 0. The molecule has 1 aliphatic rings. The maximum Gasteiger partial charge on any atom is 0.322 e. The Balaban J connectivity index is 1.50. The molecular formula is C25H26BrN3O4S. The maximum atomic E-state index is 13.5. The summed E-state index contributed by atoms with van der Waals surface area (Å²) < 4.78 is 11.8. The number of nitrogens with one attached hydrogen (secondary N) is 1. The van der Waals surface area contributed by atoms with Crippen molar-refractivity contribution < 1.29 is 19.1 Å². The highest BCUT2D eigenvalue weighted by Gasteiger charge is 2.25. The lowest BCUT2D eigenvalue weighted by molar-refractivity contribution is -0.133. The van der Waals surface area contributed by atoms with Gasteiger partial charge in [-0.15, -0.1) is 11.3 Å². The molecule has 0 saturated heterocycles. The minimum Gasteiger partial charge on any atom is -0.454 e. The van der Waals surface area contributed by atoms with Gasteiger partial charge < -0.3 is 24.6 Å². The highest BCUT2D eigenvalue weighted by Crippen LogP contribution is 2.33. The molecule has 1 N–H and O–H groups in total. The summed E-state index contributed by atoms with van der Waals surface area (Å²) in [5.41, 5.74) is 1.59. The fourth-order valence-corrected chi connectivity index (χ4v) is 4.70. The number of rotatable bonds is 8. The van der Waals surface area contributed by atoms with E-state index in [9.17, 15) is 9.59 Å². The van der Waals surface area contributed by atoms with E-state index >= 15 is 0 Å². The largest absolute Gasteiger partial charge is 0.454 e. The van der Waals surface area contributed by atoms with Crippen LogP contribution in [0.15, 0.2) is 64.5 Å². The van der Waals surface area contributed by atoms with Crippen molar-refractivity contribution in [2.45, 2.75) is 33.0 Å². The van der Waals surface area contributed by atoms with Gasteiger partial charge >= 0.3 is 6.03 Å². The van der Waals surface area contributed by atoms with Gasteiger partial charge in [0, 0.05) is 27.6 Å². The lowest BCUT2D eigenvalue weighted by Gasteiger charge is -2.30. The highest BCUT2D eigenvalue weighted by atomic mass is 79.9. The summed E-state index contributed by atoms with van der Waals surface area (Å²) in [5.74, 6) is 1.25. The van der Waals surface area contributed by atoms with Crippen molar-refractivity contribution in [1.29, 1.82) is 0 Å². The third-order valence-corrected chi connectivity index (χ3v) is 6.71. The summed E-state index contributed by atoms with van der Waals surface area (Å²) in [5, 5.41) is 4.88. The lowest BCUT2D eigenvalue weighted by Crippen LogP contribution is -2.47. The Morgan fingerprint density at radius 3 is 2.62 bits per heavy atom. The zero-order valence-corrected chi connectivity index (χ0v) is 21.4. The summed E-state index contributed by atoms with van der Waals surface area (Å²) in [6, 6.07) is 16.5. The number of carbonyl (C=O) groups is 2. The summed E-state index contributed by atoms with van der Waals surface area (Å²) in [6.45, 7) is 4.82. The third-order valence-electron chi connectivity index (χ3n) is 5.36. The molecule has 1 aromatic heterocycles. The molecule has 4 rings (SSSR count). The molecule has 0 radical (unpaired) electrons. The van der Waals surface area contributed by atoms with E-state index in [-0.39, 0.29) is 31.3 Å². The Kier molecular flexibility index (Phi) is 7.74. The summed E-state index contributed by atoms with van der Waals surface area (Å²) in [4.78, 5) is 30.9. The topological polar surface area (TPSA) is 71.1 Å². The van der Waals surface area contributed by atoms with E-state index in [1.165, 1.54) is 0 Å². The van der Waals surface area contributed by atoms with E-state index in [0.29, 0.717) is 30.3 Å². The number of benzene rings is 2. The third kappa shape index (κ3) is 6.09. The number of hydrogen-bond donors (Lipinski definition) is 1. The fourth-order valence-electron chi connectivity index (χ4n) is 3.58. The van der Waals surface area contributed by atoms with Crippen molar-refractivity contribution in [2.75, 3.05) is 18.7 Å². The Bertz CT molecular complexity index is 1150. The molecule has 0 spiro atoms. The molecule has 3 amide bonds. The molecular weight excluding hydrogens is 518 g/mol. The average molecular weight is 544 g/mol. The van der Waals surface area contributed by atoms with E-state index in [1.807, 2.05) is 73.8 Å². The quantitative estimate of drug-likeness (QED) is 0.395. The van der Waals surface area contributed by atoms with Gasteiger partial charge in [0.1, 0.15) is 6.54 Å². The first-order valence-electron chi connectivity index (χ1n) is 10.9. The Morgan fingerprint density at radius 1 is 1.06 bits per heavy atom. The van der Waals surface area contributed by atoms with Crippen LogP contribution >= 0.6 is 27.3 Å². The molecule has 7 nitrogen and oxygen atoms in total. The zero-order valence-electron chi connectivity index (χ0n) is 19.0. The Hall–Kier alpha value is -3.04. The van der Waals surface area contributed by atoms with Gasteiger partial charge in [0.05, 0.1) is 6.54 Å².